The second-order valence-corrected chi connectivity index (χ2v) is 7.89. The van der Waals surface area contributed by atoms with Crippen molar-refractivity contribution in [1.82, 2.24) is 15.5 Å². The molecule has 1 aromatic rings. The Labute approximate surface area is 179 Å². The van der Waals surface area contributed by atoms with Gasteiger partial charge in [-0.15, -0.1) is 24.0 Å². The highest BCUT2D eigenvalue weighted by atomic mass is 127. The van der Waals surface area contributed by atoms with E-state index in [2.05, 4.69) is 44.3 Å². The third-order valence-corrected chi connectivity index (χ3v) is 5.55. The zero-order valence-corrected chi connectivity index (χ0v) is 18.9. The molecule has 0 spiro atoms. The zero-order chi connectivity index (χ0) is 17.3. The summed E-state index contributed by atoms with van der Waals surface area (Å²) in [6.07, 6.45) is 5.04. The van der Waals surface area contributed by atoms with Gasteiger partial charge < -0.3 is 15.4 Å². The van der Waals surface area contributed by atoms with Gasteiger partial charge in [-0.2, -0.15) is 11.3 Å². The summed E-state index contributed by atoms with van der Waals surface area (Å²) in [4.78, 5) is 7.21. The fourth-order valence-electron chi connectivity index (χ4n) is 3.15. The van der Waals surface area contributed by atoms with Gasteiger partial charge in [-0.3, -0.25) is 9.89 Å². The van der Waals surface area contributed by atoms with Gasteiger partial charge in [0.25, 0.3) is 0 Å². The van der Waals surface area contributed by atoms with E-state index in [0.717, 1.165) is 57.8 Å². The van der Waals surface area contributed by atoms with Gasteiger partial charge in [0.15, 0.2) is 5.96 Å². The average molecular weight is 492 g/mol. The summed E-state index contributed by atoms with van der Waals surface area (Å²) in [6.45, 7) is 8.78. The molecule has 26 heavy (non-hydrogen) atoms. The molecule has 1 aliphatic carbocycles. The number of hydrogen-bond acceptors (Lipinski definition) is 4. The van der Waals surface area contributed by atoms with E-state index in [0.29, 0.717) is 6.04 Å². The molecular formula is C19H33IN4OS. The Morgan fingerprint density at radius 2 is 2.12 bits per heavy atom. The number of aliphatic imine (C=N–C) groups is 1. The van der Waals surface area contributed by atoms with Crippen LogP contribution in [0.25, 0.3) is 0 Å². The number of nitrogens with one attached hydrogen (secondary N) is 2. The lowest BCUT2D eigenvalue weighted by Crippen LogP contribution is -2.48. The van der Waals surface area contributed by atoms with Crippen LogP contribution in [0.4, 0.5) is 0 Å². The average Bonchev–Trinajstić information content (AvgIpc) is 3.31. The molecule has 1 aromatic heterocycles. The van der Waals surface area contributed by atoms with Gasteiger partial charge in [0.2, 0.25) is 0 Å². The number of halogens is 1. The van der Waals surface area contributed by atoms with Crippen molar-refractivity contribution in [2.75, 3.05) is 39.4 Å². The van der Waals surface area contributed by atoms with Crippen molar-refractivity contribution in [2.45, 2.75) is 45.2 Å². The summed E-state index contributed by atoms with van der Waals surface area (Å²) in [6, 6.07) is 2.75. The molecule has 0 radical (unpaired) electrons. The quantitative estimate of drug-likeness (QED) is 0.241. The third-order valence-electron chi connectivity index (χ3n) is 4.81. The molecule has 0 unspecified atom stereocenters. The minimum absolute atomic E-state index is 0. The predicted octanol–water partition coefficient (Wildman–Crippen LogP) is 3.31. The number of likely N-dealkylation sites (tertiary alicyclic amines) is 1. The highest BCUT2D eigenvalue weighted by molar-refractivity contribution is 14.0. The molecule has 2 N–H and O–H groups in total. The maximum absolute atomic E-state index is 5.67. The van der Waals surface area contributed by atoms with Crippen LogP contribution in [-0.2, 0) is 11.3 Å². The van der Waals surface area contributed by atoms with Gasteiger partial charge >= 0.3 is 0 Å². The zero-order valence-electron chi connectivity index (χ0n) is 15.8. The number of thiophene rings is 1. The third kappa shape index (κ3) is 8.10. The topological polar surface area (TPSA) is 48.9 Å². The molecule has 1 saturated heterocycles. The summed E-state index contributed by atoms with van der Waals surface area (Å²) in [7, 11) is 0. The van der Waals surface area contributed by atoms with Crippen molar-refractivity contribution in [2.24, 2.45) is 10.9 Å². The Balaban J connectivity index is 0.00000243. The molecule has 2 fully saturated rings. The number of nitrogens with zero attached hydrogens (tertiary/aromatic N) is 2. The van der Waals surface area contributed by atoms with Crippen molar-refractivity contribution in [1.29, 1.82) is 0 Å². The molecule has 2 aliphatic rings. The first-order chi connectivity index (χ1) is 12.3. The van der Waals surface area contributed by atoms with Crippen LogP contribution in [-0.4, -0.2) is 56.3 Å². The lowest BCUT2D eigenvalue weighted by molar-refractivity contribution is 0.131. The molecule has 2 heterocycles. The van der Waals surface area contributed by atoms with Gasteiger partial charge in [0.1, 0.15) is 0 Å². The van der Waals surface area contributed by atoms with E-state index in [1.165, 1.54) is 31.2 Å². The van der Waals surface area contributed by atoms with Gasteiger partial charge in [-0.05, 0) is 60.9 Å². The number of hydrogen-bond donors (Lipinski definition) is 2. The molecule has 7 heteroatoms. The molecule has 0 bridgehead atoms. The van der Waals surface area contributed by atoms with Crippen LogP contribution < -0.4 is 10.6 Å². The van der Waals surface area contributed by atoms with Crippen molar-refractivity contribution in [3.05, 3.63) is 22.4 Å². The Kier molecular flexibility index (Phi) is 10.2. The van der Waals surface area contributed by atoms with Crippen molar-refractivity contribution < 1.29 is 4.74 Å². The molecule has 0 atom stereocenters. The lowest BCUT2D eigenvalue weighted by atomic mass is 10.0. The van der Waals surface area contributed by atoms with E-state index in [-0.39, 0.29) is 24.0 Å². The monoisotopic (exact) mass is 492 g/mol. The molecular weight excluding hydrogens is 459 g/mol. The molecule has 5 nitrogen and oxygen atoms in total. The molecule has 1 aliphatic heterocycles. The number of ether oxygens (including phenoxy) is 1. The largest absolute Gasteiger partial charge is 0.379 e. The van der Waals surface area contributed by atoms with Crippen molar-refractivity contribution in [3.8, 4) is 0 Å². The smallest absolute Gasteiger partial charge is 0.191 e. The second kappa shape index (κ2) is 12.2. The van der Waals surface area contributed by atoms with Crippen LogP contribution in [0.3, 0.4) is 0 Å². The molecule has 3 rings (SSSR count). The van der Waals surface area contributed by atoms with Crippen LogP contribution in [0.5, 0.6) is 0 Å². The van der Waals surface area contributed by atoms with E-state index in [9.17, 15) is 0 Å². The minimum atomic E-state index is 0. The van der Waals surface area contributed by atoms with E-state index >= 15 is 0 Å². The van der Waals surface area contributed by atoms with Gasteiger partial charge in [0.05, 0.1) is 13.2 Å². The Hall–Kier alpha value is -0.380. The number of piperidine rings is 1. The predicted molar refractivity (Wildman–Crippen MR) is 121 cm³/mol. The maximum atomic E-state index is 5.67. The highest BCUT2D eigenvalue weighted by Crippen LogP contribution is 2.28. The first-order valence-electron chi connectivity index (χ1n) is 9.69. The van der Waals surface area contributed by atoms with Gasteiger partial charge in [-0.25, -0.2) is 0 Å². The first kappa shape index (κ1) is 21.9. The summed E-state index contributed by atoms with van der Waals surface area (Å²) >= 11 is 1.79. The van der Waals surface area contributed by atoms with E-state index in [1.54, 1.807) is 11.3 Å². The van der Waals surface area contributed by atoms with Crippen LogP contribution >= 0.6 is 35.3 Å². The molecule has 1 saturated carbocycles. The van der Waals surface area contributed by atoms with Crippen molar-refractivity contribution in [3.63, 3.8) is 0 Å². The van der Waals surface area contributed by atoms with E-state index in [4.69, 9.17) is 4.74 Å². The summed E-state index contributed by atoms with van der Waals surface area (Å²) in [5.41, 5.74) is 1.44. The molecule has 148 valence electrons. The van der Waals surface area contributed by atoms with Crippen LogP contribution in [0.15, 0.2) is 21.8 Å². The highest BCUT2D eigenvalue weighted by Gasteiger charge is 2.21. The molecule has 0 amide bonds. The Bertz CT molecular complexity index is 514. The first-order valence-corrected chi connectivity index (χ1v) is 10.6. The van der Waals surface area contributed by atoms with Crippen LogP contribution in [0.2, 0.25) is 0 Å². The SMILES string of the molecule is CCNC(=NCCOCC1CC1)NC1CCN(Cc2ccsc2)CC1.I. The number of guanidine groups is 1. The maximum Gasteiger partial charge on any atom is 0.191 e. The second-order valence-electron chi connectivity index (χ2n) is 7.11. The van der Waals surface area contributed by atoms with Crippen LogP contribution in [0, 0.1) is 5.92 Å². The Morgan fingerprint density at radius 3 is 2.77 bits per heavy atom. The molecule has 0 aromatic carbocycles. The van der Waals surface area contributed by atoms with Crippen LogP contribution in [0.1, 0.15) is 38.2 Å². The summed E-state index contributed by atoms with van der Waals surface area (Å²) in [5.74, 6) is 1.77. The fourth-order valence-corrected chi connectivity index (χ4v) is 3.81. The van der Waals surface area contributed by atoms with E-state index < -0.39 is 0 Å². The standard InChI is InChI=1S/C19H32N4OS.HI/c1-2-20-19(21-8-11-24-14-16-3-4-16)22-18-5-9-23(10-6-18)13-17-7-12-25-15-17;/h7,12,15-16,18H,2-6,8-11,13-14H2,1H3,(H2,20,21,22);1H. The Morgan fingerprint density at radius 1 is 1.31 bits per heavy atom. The van der Waals surface area contributed by atoms with E-state index in [1.807, 2.05) is 0 Å². The van der Waals surface area contributed by atoms with Crippen molar-refractivity contribution >= 4 is 41.3 Å². The minimum Gasteiger partial charge on any atom is -0.379 e. The number of rotatable bonds is 9. The lowest BCUT2D eigenvalue weighted by Gasteiger charge is -2.33. The summed E-state index contributed by atoms with van der Waals surface area (Å²) in [5, 5.41) is 11.4. The van der Waals surface area contributed by atoms with Gasteiger partial charge in [-0.1, -0.05) is 0 Å². The fraction of sp³-hybridized carbons (Fsp3) is 0.737. The van der Waals surface area contributed by atoms with Gasteiger partial charge in [0, 0.05) is 38.8 Å². The normalized spacial score (nSPS) is 19.2. The summed E-state index contributed by atoms with van der Waals surface area (Å²) < 4.78 is 5.67.